The van der Waals surface area contributed by atoms with Crippen LogP contribution < -0.4 is 4.90 Å². The van der Waals surface area contributed by atoms with Crippen molar-refractivity contribution in [1.82, 2.24) is 25.1 Å². The summed E-state index contributed by atoms with van der Waals surface area (Å²) in [5.74, 6) is 0.822. The molecule has 0 saturated carbocycles. The van der Waals surface area contributed by atoms with E-state index in [4.69, 9.17) is 0 Å². The van der Waals surface area contributed by atoms with Crippen LogP contribution in [0.4, 0.5) is 5.82 Å². The van der Waals surface area contributed by atoms with Gasteiger partial charge in [0, 0.05) is 51.4 Å². The van der Waals surface area contributed by atoms with Crippen LogP contribution in [-0.2, 0) is 13.0 Å². The maximum Gasteiger partial charge on any atom is 0.256 e. The second-order valence-electron chi connectivity index (χ2n) is 6.15. The van der Waals surface area contributed by atoms with Gasteiger partial charge < -0.3 is 14.8 Å². The number of hydrogen-bond donors (Lipinski definition) is 1. The van der Waals surface area contributed by atoms with Crippen LogP contribution in [0, 0.1) is 0 Å². The van der Waals surface area contributed by atoms with Crippen molar-refractivity contribution in [3.63, 3.8) is 0 Å². The summed E-state index contributed by atoms with van der Waals surface area (Å²) >= 11 is 0. The van der Waals surface area contributed by atoms with Crippen molar-refractivity contribution in [3.8, 4) is 0 Å². The monoisotopic (exact) mass is 322 g/mol. The van der Waals surface area contributed by atoms with Gasteiger partial charge in [-0.2, -0.15) is 5.10 Å². The molecule has 0 saturated heterocycles. The van der Waals surface area contributed by atoms with Crippen LogP contribution in [0.1, 0.15) is 21.6 Å². The molecular weight excluding hydrogens is 304 g/mol. The lowest BCUT2D eigenvalue weighted by Crippen LogP contribution is -2.36. The van der Waals surface area contributed by atoms with Crippen LogP contribution in [0.2, 0.25) is 0 Å². The van der Waals surface area contributed by atoms with Gasteiger partial charge in [0.1, 0.15) is 5.65 Å². The van der Waals surface area contributed by atoms with E-state index in [1.165, 1.54) is 0 Å². The quantitative estimate of drug-likeness (QED) is 0.776. The van der Waals surface area contributed by atoms with E-state index in [2.05, 4.69) is 20.2 Å². The zero-order chi connectivity index (χ0) is 16.7. The topological polar surface area (TPSA) is 78.0 Å². The smallest absolute Gasteiger partial charge is 0.256 e. The lowest BCUT2D eigenvalue weighted by atomic mass is 10.0. The first-order chi connectivity index (χ1) is 11.6. The Morgan fingerprint density at radius 3 is 3.04 bits per heavy atom. The third kappa shape index (κ3) is 2.38. The number of aromatic nitrogens is 4. The molecular formula is C17H18N6O. The number of carbonyl (C=O) groups excluding carboxylic acids is 1. The number of fused-ring (bicyclic) bond motifs is 2. The second-order valence-corrected chi connectivity index (χ2v) is 6.15. The lowest BCUT2D eigenvalue weighted by molar-refractivity contribution is 0.0735. The molecule has 4 rings (SSSR count). The number of amides is 1. The molecule has 7 nitrogen and oxygen atoms in total. The fourth-order valence-electron chi connectivity index (χ4n) is 3.01. The normalized spacial score (nSPS) is 13.8. The molecule has 4 heterocycles. The highest BCUT2D eigenvalue weighted by atomic mass is 16.2. The van der Waals surface area contributed by atoms with Gasteiger partial charge in [0.15, 0.2) is 5.82 Å². The van der Waals surface area contributed by atoms with Gasteiger partial charge in [0.25, 0.3) is 5.91 Å². The van der Waals surface area contributed by atoms with E-state index in [1.807, 2.05) is 42.1 Å². The van der Waals surface area contributed by atoms with Crippen molar-refractivity contribution in [2.75, 3.05) is 25.5 Å². The van der Waals surface area contributed by atoms with Gasteiger partial charge in [-0.25, -0.2) is 4.98 Å². The molecule has 0 radical (unpaired) electrons. The number of nitrogens with one attached hydrogen (secondary N) is 1. The Labute approximate surface area is 139 Å². The predicted octanol–water partition coefficient (Wildman–Crippen LogP) is 1.62. The first-order valence-electron chi connectivity index (χ1n) is 7.87. The Kier molecular flexibility index (Phi) is 3.41. The molecule has 3 aromatic rings. The number of hydrogen-bond acceptors (Lipinski definition) is 5. The molecule has 1 aliphatic heterocycles. The van der Waals surface area contributed by atoms with Crippen LogP contribution in [0.3, 0.4) is 0 Å². The van der Waals surface area contributed by atoms with Crippen molar-refractivity contribution in [2.45, 2.75) is 13.0 Å². The van der Waals surface area contributed by atoms with Gasteiger partial charge >= 0.3 is 0 Å². The maximum atomic E-state index is 12.9. The van der Waals surface area contributed by atoms with Crippen molar-refractivity contribution in [1.29, 1.82) is 0 Å². The average molecular weight is 322 g/mol. The molecule has 1 aliphatic rings. The highest BCUT2D eigenvalue weighted by Crippen LogP contribution is 2.23. The summed E-state index contributed by atoms with van der Waals surface area (Å²) in [5.41, 5.74) is 3.44. The molecule has 1 amide bonds. The Morgan fingerprint density at radius 1 is 1.33 bits per heavy atom. The summed E-state index contributed by atoms with van der Waals surface area (Å²) in [7, 11) is 3.86. The van der Waals surface area contributed by atoms with E-state index >= 15 is 0 Å². The number of carbonyl (C=O) groups is 1. The minimum absolute atomic E-state index is 0.0168. The van der Waals surface area contributed by atoms with E-state index in [9.17, 15) is 4.79 Å². The lowest BCUT2D eigenvalue weighted by Gasteiger charge is -2.28. The van der Waals surface area contributed by atoms with Crippen LogP contribution in [0.25, 0.3) is 11.0 Å². The zero-order valence-corrected chi connectivity index (χ0v) is 13.7. The number of nitrogens with zero attached hydrogens (tertiary/aromatic N) is 5. The predicted molar refractivity (Wildman–Crippen MR) is 90.9 cm³/mol. The number of aromatic amines is 1. The molecule has 3 aromatic heterocycles. The number of H-pyrrole nitrogens is 1. The summed E-state index contributed by atoms with van der Waals surface area (Å²) in [6, 6.07) is 5.77. The van der Waals surface area contributed by atoms with Crippen molar-refractivity contribution >= 4 is 22.8 Å². The van der Waals surface area contributed by atoms with Crippen LogP contribution >= 0.6 is 0 Å². The summed E-state index contributed by atoms with van der Waals surface area (Å²) < 4.78 is 0. The average Bonchev–Trinajstić information content (AvgIpc) is 3.04. The van der Waals surface area contributed by atoms with E-state index in [-0.39, 0.29) is 5.91 Å². The molecule has 0 spiro atoms. The first kappa shape index (κ1) is 14.6. The molecule has 0 bridgehead atoms. The summed E-state index contributed by atoms with van der Waals surface area (Å²) in [5, 5.41) is 9.37. The van der Waals surface area contributed by atoms with Crippen molar-refractivity contribution in [3.05, 3.63) is 47.4 Å². The molecule has 1 N–H and O–H groups in total. The van der Waals surface area contributed by atoms with Crippen LogP contribution in [0.5, 0.6) is 0 Å². The fourth-order valence-corrected chi connectivity index (χ4v) is 3.01. The molecule has 0 fully saturated rings. The third-order valence-corrected chi connectivity index (χ3v) is 4.35. The third-order valence-electron chi connectivity index (χ3n) is 4.35. The Morgan fingerprint density at radius 2 is 2.21 bits per heavy atom. The van der Waals surface area contributed by atoms with Crippen LogP contribution in [-0.4, -0.2) is 51.6 Å². The Bertz CT molecular complexity index is 916. The Hall–Kier alpha value is -2.96. The van der Waals surface area contributed by atoms with Gasteiger partial charge in [-0.3, -0.25) is 4.79 Å². The largest absolute Gasteiger partial charge is 0.361 e. The molecule has 7 heteroatoms. The number of rotatable bonds is 2. The number of pyridine rings is 1. The first-order valence-corrected chi connectivity index (χ1v) is 7.87. The Balaban J connectivity index is 1.64. The van der Waals surface area contributed by atoms with Gasteiger partial charge in [-0.1, -0.05) is 0 Å². The summed E-state index contributed by atoms with van der Waals surface area (Å²) in [6.45, 7) is 1.20. The number of anilines is 1. The molecule has 0 atom stereocenters. The molecule has 0 aliphatic carbocycles. The minimum atomic E-state index is 0.0168. The van der Waals surface area contributed by atoms with Gasteiger partial charge in [0.05, 0.1) is 11.3 Å². The maximum absolute atomic E-state index is 12.9. The van der Waals surface area contributed by atoms with Crippen LogP contribution in [0.15, 0.2) is 30.6 Å². The van der Waals surface area contributed by atoms with Crippen molar-refractivity contribution in [2.24, 2.45) is 0 Å². The molecule has 122 valence electrons. The molecule has 0 aromatic carbocycles. The fraction of sp³-hybridized carbons (Fsp3) is 0.294. The van der Waals surface area contributed by atoms with E-state index in [0.717, 1.165) is 34.5 Å². The molecule has 24 heavy (non-hydrogen) atoms. The van der Waals surface area contributed by atoms with Gasteiger partial charge in [-0.05, 0) is 23.8 Å². The highest BCUT2D eigenvalue weighted by Gasteiger charge is 2.25. The second kappa shape index (κ2) is 5.59. The summed E-state index contributed by atoms with van der Waals surface area (Å²) in [6.07, 6.45) is 4.18. The summed E-state index contributed by atoms with van der Waals surface area (Å²) in [4.78, 5) is 24.0. The van der Waals surface area contributed by atoms with Gasteiger partial charge in [-0.15, -0.1) is 5.10 Å². The highest BCUT2D eigenvalue weighted by molar-refractivity contribution is 6.05. The van der Waals surface area contributed by atoms with Gasteiger partial charge in [0.2, 0.25) is 0 Å². The zero-order valence-electron chi connectivity index (χ0n) is 13.7. The van der Waals surface area contributed by atoms with Crippen molar-refractivity contribution < 1.29 is 4.79 Å². The minimum Gasteiger partial charge on any atom is -0.361 e. The molecule has 0 unspecified atom stereocenters. The SMILES string of the molecule is CN(C)c1cc2c(nn1)CCN(C(=O)c1c[nH]c3ncccc13)C2. The van der Waals surface area contributed by atoms with E-state index in [1.54, 1.807) is 12.4 Å². The van der Waals surface area contributed by atoms with E-state index in [0.29, 0.717) is 18.7 Å². The standard InChI is InChI=1S/C17H18N6O/c1-22(2)15-8-11-10-23(7-5-14(11)20-21-15)17(24)13-9-19-16-12(13)4-3-6-18-16/h3-4,6,8-9H,5,7,10H2,1-2H3,(H,18,19). The van der Waals surface area contributed by atoms with E-state index < -0.39 is 0 Å².